The molecule has 0 aliphatic rings. The van der Waals surface area contributed by atoms with Crippen molar-refractivity contribution >= 4 is 15.9 Å². The number of carbonyl (C=O) groups is 1. The number of sulfonamides is 1. The molecule has 0 fully saturated rings. The van der Waals surface area contributed by atoms with E-state index < -0.39 is 22.0 Å². The molecule has 0 saturated heterocycles. The molecule has 7 nitrogen and oxygen atoms in total. The molecule has 2 rings (SSSR count). The molecule has 3 N–H and O–H groups in total. The first-order chi connectivity index (χ1) is 13.4. The van der Waals surface area contributed by atoms with Crippen molar-refractivity contribution in [3.05, 3.63) is 59.7 Å². The van der Waals surface area contributed by atoms with Gasteiger partial charge < -0.3 is 15.2 Å². The minimum Gasteiger partial charge on any atom is -0.496 e. The second-order valence-electron chi connectivity index (χ2n) is 6.36. The van der Waals surface area contributed by atoms with Gasteiger partial charge in [-0.1, -0.05) is 30.3 Å². The van der Waals surface area contributed by atoms with Crippen LogP contribution in [-0.2, 0) is 21.2 Å². The topological polar surface area (TPSA) is 105 Å². The highest BCUT2D eigenvalue weighted by molar-refractivity contribution is 7.89. The van der Waals surface area contributed by atoms with Gasteiger partial charge in [-0.05, 0) is 49.1 Å². The second-order valence-corrected chi connectivity index (χ2v) is 8.08. The monoisotopic (exact) mass is 406 g/mol. The first kappa shape index (κ1) is 21.9. The summed E-state index contributed by atoms with van der Waals surface area (Å²) in [6, 6.07) is 12.7. The zero-order valence-corrected chi connectivity index (χ0v) is 16.8. The number of benzene rings is 2. The fraction of sp³-hybridized carbons (Fsp3) is 0.350. The van der Waals surface area contributed by atoms with E-state index in [9.17, 15) is 13.2 Å². The van der Waals surface area contributed by atoms with Crippen LogP contribution in [0.3, 0.4) is 0 Å². The van der Waals surface area contributed by atoms with E-state index in [1.165, 1.54) is 19.2 Å². The Morgan fingerprint density at radius 1 is 1.18 bits per heavy atom. The lowest BCUT2D eigenvalue weighted by molar-refractivity contribution is -0.122. The zero-order valence-electron chi connectivity index (χ0n) is 16.0. The molecule has 0 radical (unpaired) electrons. The number of nitrogens with one attached hydrogen (secondary N) is 2. The molecule has 1 amide bonds. The predicted octanol–water partition coefficient (Wildman–Crippen LogP) is 1.39. The first-order valence-electron chi connectivity index (χ1n) is 8.97. The molecular weight excluding hydrogens is 380 g/mol. The van der Waals surface area contributed by atoms with E-state index in [0.717, 1.165) is 5.56 Å². The molecule has 2 aromatic carbocycles. The number of amides is 1. The van der Waals surface area contributed by atoms with Crippen molar-refractivity contribution in [1.29, 1.82) is 0 Å². The third kappa shape index (κ3) is 6.05. The van der Waals surface area contributed by atoms with Crippen LogP contribution in [0.2, 0.25) is 0 Å². The third-order valence-electron chi connectivity index (χ3n) is 4.21. The van der Waals surface area contributed by atoms with E-state index in [1.54, 1.807) is 13.0 Å². The minimum absolute atomic E-state index is 0.0551. The minimum atomic E-state index is -3.92. The number of carbonyl (C=O) groups excluding carboxylic acids is 1. The molecule has 28 heavy (non-hydrogen) atoms. The predicted molar refractivity (Wildman–Crippen MR) is 107 cm³/mol. The van der Waals surface area contributed by atoms with Gasteiger partial charge in [0.05, 0.1) is 12.0 Å². The fourth-order valence-electron chi connectivity index (χ4n) is 2.72. The lowest BCUT2D eigenvalue weighted by Gasteiger charge is -2.19. The van der Waals surface area contributed by atoms with Crippen molar-refractivity contribution in [2.75, 3.05) is 20.3 Å². The molecule has 0 aliphatic heterocycles. The summed E-state index contributed by atoms with van der Waals surface area (Å²) in [6.07, 6.45) is 0.606. The molecule has 0 heterocycles. The van der Waals surface area contributed by atoms with Gasteiger partial charge >= 0.3 is 0 Å². The Labute approximate surface area is 165 Å². The van der Waals surface area contributed by atoms with E-state index in [0.29, 0.717) is 17.7 Å². The van der Waals surface area contributed by atoms with E-state index in [1.807, 2.05) is 30.3 Å². The van der Waals surface area contributed by atoms with E-state index >= 15 is 0 Å². The van der Waals surface area contributed by atoms with Crippen molar-refractivity contribution in [3.8, 4) is 5.75 Å². The summed E-state index contributed by atoms with van der Waals surface area (Å²) in [5.74, 6) is 0.146. The van der Waals surface area contributed by atoms with Gasteiger partial charge in [-0.2, -0.15) is 4.72 Å². The average molecular weight is 407 g/mol. The van der Waals surface area contributed by atoms with Crippen molar-refractivity contribution in [3.63, 3.8) is 0 Å². The summed E-state index contributed by atoms with van der Waals surface area (Å²) >= 11 is 0. The Kier molecular flexibility index (Phi) is 7.98. The Balaban J connectivity index is 2.24. The molecule has 1 atom stereocenters. The lowest BCUT2D eigenvalue weighted by atomic mass is 10.1. The van der Waals surface area contributed by atoms with E-state index in [-0.39, 0.29) is 24.5 Å². The molecule has 152 valence electrons. The number of hydrogen-bond donors (Lipinski definition) is 3. The zero-order chi connectivity index (χ0) is 20.6. The van der Waals surface area contributed by atoms with Crippen LogP contribution in [-0.4, -0.2) is 45.7 Å². The molecule has 0 aliphatic carbocycles. The third-order valence-corrected chi connectivity index (χ3v) is 5.68. The number of aliphatic hydroxyl groups excluding tert-OH is 1. The highest BCUT2D eigenvalue weighted by Crippen LogP contribution is 2.21. The maximum absolute atomic E-state index is 12.8. The maximum Gasteiger partial charge on any atom is 0.241 e. The fourth-order valence-corrected chi connectivity index (χ4v) is 4.01. The number of hydrogen-bond acceptors (Lipinski definition) is 5. The lowest BCUT2D eigenvalue weighted by Crippen LogP contribution is -2.48. The summed E-state index contributed by atoms with van der Waals surface area (Å²) in [4.78, 5) is 12.6. The van der Waals surface area contributed by atoms with Crippen molar-refractivity contribution in [2.24, 2.45) is 0 Å². The van der Waals surface area contributed by atoms with Gasteiger partial charge in [0.2, 0.25) is 15.9 Å². The van der Waals surface area contributed by atoms with Crippen molar-refractivity contribution in [1.82, 2.24) is 10.0 Å². The average Bonchev–Trinajstić information content (AvgIpc) is 2.68. The molecule has 0 spiro atoms. The highest BCUT2D eigenvalue weighted by Gasteiger charge is 2.26. The van der Waals surface area contributed by atoms with Gasteiger partial charge in [-0.25, -0.2) is 8.42 Å². The first-order valence-corrected chi connectivity index (χ1v) is 10.4. The van der Waals surface area contributed by atoms with Gasteiger partial charge in [0.15, 0.2) is 0 Å². The van der Waals surface area contributed by atoms with Crippen LogP contribution in [0.25, 0.3) is 0 Å². The number of aliphatic hydroxyl groups is 1. The number of methoxy groups -OCH3 is 1. The summed E-state index contributed by atoms with van der Waals surface area (Å²) < 4.78 is 33.4. The number of ether oxygens (including phenoxy) is 1. The molecular formula is C20H26N2O5S. The largest absolute Gasteiger partial charge is 0.496 e. The quantitative estimate of drug-likeness (QED) is 0.517. The molecule has 0 aromatic heterocycles. The summed E-state index contributed by atoms with van der Waals surface area (Å²) in [5, 5.41) is 11.5. The summed E-state index contributed by atoms with van der Waals surface area (Å²) in [5.41, 5.74) is 1.51. The van der Waals surface area contributed by atoms with Crippen LogP contribution >= 0.6 is 0 Å². The number of rotatable bonds is 10. The normalized spacial score (nSPS) is 12.4. The van der Waals surface area contributed by atoms with Gasteiger partial charge in [-0.3, -0.25) is 4.79 Å². The molecule has 0 saturated carbocycles. The van der Waals surface area contributed by atoms with Gasteiger partial charge in [0.1, 0.15) is 11.8 Å². The number of aryl methyl sites for hydroxylation is 1. The van der Waals surface area contributed by atoms with E-state index in [4.69, 9.17) is 9.84 Å². The van der Waals surface area contributed by atoms with Crippen molar-refractivity contribution in [2.45, 2.75) is 30.7 Å². The van der Waals surface area contributed by atoms with Crippen LogP contribution in [0.1, 0.15) is 17.5 Å². The van der Waals surface area contributed by atoms with E-state index in [2.05, 4.69) is 10.0 Å². The maximum atomic E-state index is 12.8. The summed E-state index contributed by atoms with van der Waals surface area (Å²) in [6.45, 7) is 1.96. The summed E-state index contributed by atoms with van der Waals surface area (Å²) in [7, 11) is -2.40. The van der Waals surface area contributed by atoms with Crippen LogP contribution in [0.15, 0.2) is 53.4 Å². The Morgan fingerprint density at radius 2 is 1.89 bits per heavy atom. The molecule has 8 heteroatoms. The molecule has 0 bridgehead atoms. The van der Waals surface area contributed by atoms with Crippen LogP contribution in [0.5, 0.6) is 5.75 Å². The standard InChI is InChI=1S/C20H26N2O5S/c1-15-13-17(9-10-19(15)27-2)28(25,26)22-18(20(24)21-11-6-12-23)14-16-7-4-3-5-8-16/h3-5,7-10,13,18,22-23H,6,11-12,14H2,1-2H3,(H,21,24)/t18-/m0/s1. The van der Waals surface area contributed by atoms with Crippen molar-refractivity contribution < 1.29 is 23.1 Å². The molecule has 0 unspecified atom stereocenters. The van der Waals surface area contributed by atoms with Gasteiger partial charge in [-0.15, -0.1) is 0 Å². The van der Waals surface area contributed by atoms with Crippen LogP contribution in [0, 0.1) is 6.92 Å². The Bertz CT molecular complexity index is 885. The molecule has 2 aromatic rings. The highest BCUT2D eigenvalue weighted by atomic mass is 32.2. The van der Waals surface area contributed by atoms with Gasteiger partial charge in [0, 0.05) is 13.2 Å². The Morgan fingerprint density at radius 3 is 2.50 bits per heavy atom. The van der Waals surface area contributed by atoms with Crippen LogP contribution in [0.4, 0.5) is 0 Å². The Hall–Kier alpha value is -2.42. The second kappa shape index (κ2) is 10.2. The van der Waals surface area contributed by atoms with Crippen LogP contribution < -0.4 is 14.8 Å². The smallest absolute Gasteiger partial charge is 0.241 e. The SMILES string of the molecule is COc1ccc(S(=O)(=O)N[C@@H](Cc2ccccc2)C(=O)NCCCO)cc1C. The van der Waals surface area contributed by atoms with Gasteiger partial charge in [0.25, 0.3) is 0 Å².